The van der Waals surface area contributed by atoms with E-state index in [4.69, 9.17) is 4.42 Å². The summed E-state index contributed by atoms with van der Waals surface area (Å²) in [4.78, 5) is 0. The van der Waals surface area contributed by atoms with Crippen LogP contribution in [-0.4, -0.2) is 31.5 Å². The van der Waals surface area contributed by atoms with Crippen LogP contribution in [0.15, 0.2) is 29.1 Å². The molecule has 120 valence electrons. The molecule has 1 atom stereocenters. The Hall–Kier alpha value is -2.41. The van der Waals surface area contributed by atoms with Crippen LogP contribution in [0.4, 0.5) is 0 Å². The third-order valence-corrected chi connectivity index (χ3v) is 4.38. The lowest BCUT2D eigenvalue weighted by Crippen LogP contribution is -2.29. The highest BCUT2D eigenvalue weighted by Gasteiger charge is 2.19. The molecule has 0 saturated carbocycles. The van der Waals surface area contributed by atoms with E-state index in [1.165, 1.54) is 0 Å². The minimum absolute atomic E-state index is 0.611. The minimum atomic E-state index is 0.611. The van der Waals surface area contributed by atoms with Gasteiger partial charge < -0.3 is 14.3 Å². The fraction of sp³-hybridized carbons (Fsp3) is 0.438. The van der Waals surface area contributed by atoms with E-state index >= 15 is 0 Å². The Balaban J connectivity index is 1.35. The zero-order valence-electron chi connectivity index (χ0n) is 13.1. The number of fused-ring (bicyclic) bond motifs is 1. The van der Waals surface area contributed by atoms with Gasteiger partial charge in [-0.3, -0.25) is 5.10 Å². The average molecular weight is 312 g/mol. The number of furan rings is 1. The van der Waals surface area contributed by atoms with Crippen molar-refractivity contribution < 1.29 is 4.42 Å². The molecular formula is C16H20N6O. The highest BCUT2D eigenvalue weighted by molar-refractivity contribution is 5.56. The topological polar surface area (TPSA) is 84.6 Å². The molecule has 0 aromatic carbocycles. The lowest BCUT2D eigenvalue weighted by Gasteiger charge is -2.23. The number of aryl methyl sites for hydroxylation is 2. The molecule has 0 unspecified atom stereocenters. The maximum Gasteiger partial charge on any atom is 0.152 e. The van der Waals surface area contributed by atoms with Gasteiger partial charge in [-0.2, -0.15) is 5.10 Å². The van der Waals surface area contributed by atoms with Crippen LogP contribution in [0.3, 0.4) is 0 Å². The van der Waals surface area contributed by atoms with Gasteiger partial charge in [0.05, 0.1) is 6.20 Å². The molecule has 7 heteroatoms. The van der Waals surface area contributed by atoms with Crippen LogP contribution in [0.5, 0.6) is 0 Å². The Morgan fingerprint density at radius 2 is 2.39 bits per heavy atom. The first kappa shape index (κ1) is 14.2. The van der Waals surface area contributed by atoms with Crippen molar-refractivity contribution in [2.75, 3.05) is 6.54 Å². The minimum Gasteiger partial charge on any atom is -0.460 e. The predicted octanol–water partition coefficient (Wildman–Crippen LogP) is 1.92. The molecule has 0 bridgehead atoms. The monoisotopic (exact) mass is 312 g/mol. The number of hydrogen-bond donors (Lipinski definition) is 2. The molecular weight excluding hydrogens is 292 g/mol. The molecule has 2 N–H and O–H groups in total. The van der Waals surface area contributed by atoms with Gasteiger partial charge in [0.2, 0.25) is 0 Å². The van der Waals surface area contributed by atoms with Gasteiger partial charge in [0, 0.05) is 25.1 Å². The molecule has 0 spiro atoms. The number of nitrogens with zero attached hydrogens (tertiary/aromatic N) is 4. The van der Waals surface area contributed by atoms with Crippen LogP contribution in [-0.2, 0) is 19.5 Å². The van der Waals surface area contributed by atoms with Gasteiger partial charge in [-0.1, -0.05) is 0 Å². The first-order chi connectivity index (χ1) is 11.3. The van der Waals surface area contributed by atoms with Gasteiger partial charge >= 0.3 is 0 Å². The summed E-state index contributed by atoms with van der Waals surface area (Å²) in [6.45, 7) is 4.68. The molecule has 4 rings (SSSR count). The first-order valence-corrected chi connectivity index (χ1v) is 7.96. The van der Waals surface area contributed by atoms with Crippen LogP contribution in [0.25, 0.3) is 11.5 Å². The highest BCUT2D eigenvalue weighted by Crippen LogP contribution is 2.23. The van der Waals surface area contributed by atoms with Gasteiger partial charge in [0.25, 0.3) is 0 Å². The van der Waals surface area contributed by atoms with E-state index in [0.29, 0.717) is 5.92 Å². The maximum absolute atomic E-state index is 5.68. The summed E-state index contributed by atoms with van der Waals surface area (Å²) in [5.41, 5.74) is 2.08. The first-order valence-electron chi connectivity index (χ1n) is 7.96. The third kappa shape index (κ3) is 2.92. The van der Waals surface area contributed by atoms with E-state index in [0.717, 1.165) is 61.1 Å². The molecule has 3 aromatic rings. The van der Waals surface area contributed by atoms with E-state index in [1.807, 2.05) is 31.6 Å². The number of nitrogens with one attached hydrogen (secondary N) is 2. The number of rotatable bonds is 5. The highest BCUT2D eigenvalue weighted by atomic mass is 16.3. The SMILES string of the molecule is Cc1ccc(-c2[nH]ncc2CNC[C@@H]2CCc3nncn3C2)o1. The van der Waals surface area contributed by atoms with Crippen molar-refractivity contribution in [2.24, 2.45) is 5.92 Å². The van der Waals surface area contributed by atoms with Gasteiger partial charge in [-0.25, -0.2) is 0 Å². The van der Waals surface area contributed by atoms with Crippen molar-refractivity contribution in [3.63, 3.8) is 0 Å². The van der Waals surface area contributed by atoms with Crippen LogP contribution < -0.4 is 5.32 Å². The summed E-state index contributed by atoms with van der Waals surface area (Å²) in [6.07, 6.45) is 5.85. The standard InChI is InChI=1S/C16H20N6O/c1-11-2-4-14(23-11)16-13(8-18-21-16)7-17-6-12-3-5-15-20-19-10-22(15)9-12/h2,4,8,10,12,17H,3,5-7,9H2,1H3,(H,18,21)/t12-/m0/s1. The van der Waals surface area contributed by atoms with Crippen molar-refractivity contribution in [2.45, 2.75) is 32.9 Å². The van der Waals surface area contributed by atoms with Crippen molar-refractivity contribution >= 4 is 0 Å². The predicted molar refractivity (Wildman–Crippen MR) is 84.6 cm³/mol. The zero-order valence-corrected chi connectivity index (χ0v) is 13.1. The van der Waals surface area contributed by atoms with E-state index in [1.54, 1.807) is 0 Å². The summed E-state index contributed by atoms with van der Waals surface area (Å²) in [6, 6.07) is 3.94. The average Bonchev–Trinajstić information content (AvgIpc) is 3.26. The second-order valence-corrected chi connectivity index (χ2v) is 6.12. The summed E-state index contributed by atoms with van der Waals surface area (Å²) in [5.74, 6) is 3.45. The molecule has 7 nitrogen and oxygen atoms in total. The number of hydrogen-bond acceptors (Lipinski definition) is 5. The van der Waals surface area contributed by atoms with E-state index in [2.05, 4.69) is 30.3 Å². The van der Waals surface area contributed by atoms with Gasteiger partial charge in [0.15, 0.2) is 5.76 Å². The second-order valence-electron chi connectivity index (χ2n) is 6.12. The summed E-state index contributed by atoms with van der Waals surface area (Å²) in [7, 11) is 0. The van der Waals surface area contributed by atoms with Crippen molar-refractivity contribution in [1.29, 1.82) is 0 Å². The lowest BCUT2D eigenvalue weighted by atomic mass is 9.99. The molecule has 0 saturated heterocycles. The fourth-order valence-electron chi connectivity index (χ4n) is 3.13. The summed E-state index contributed by atoms with van der Waals surface area (Å²) < 4.78 is 7.84. The van der Waals surface area contributed by atoms with Crippen LogP contribution in [0, 0.1) is 12.8 Å². The smallest absolute Gasteiger partial charge is 0.152 e. The molecule has 0 radical (unpaired) electrons. The molecule has 3 aromatic heterocycles. The van der Waals surface area contributed by atoms with Crippen LogP contribution in [0.1, 0.15) is 23.6 Å². The van der Waals surface area contributed by atoms with Crippen LogP contribution >= 0.6 is 0 Å². The Morgan fingerprint density at radius 3 is 3.26 bits per heavy atom. The number of aromatic amines is 1. The fourth-order valence-corrected chi connectivity index (χ4v) is 3.13. The summed E-state index contributed by atoms with van der Waals surface area (Å²) >= 11 is 0. The summed E-state index contributed by atoms with van der Waals surface area (Å²) in [5, 5.41) is 18.8. The molecule has 0 aliphatic carbocycles. The van der Waals surface area contributed by atoms with Crippen molar-refractivity contribution in [3.8, 4) is 11.5 Å². The maximum atomic E-state index is 5.68. The second kappa shape index (κ2) is 6.00. The number of H-pyrrole nitrogens is 1. The molecule has 4 heterocycles. The van der Waals surface area contributed by atoms with Gasteiger partial charge in [-0.15, -0.1) is 10.2 Å². The molecule has 0 amide bonds. The molecule has 0 fully saturated rings. The zero-order chi connectivity index (χ0) is 15.6. The lowest BCUT2D eigenvalue weighted by molar-refractivity contribution is 0.347. The van der Waals surface area contributed by atoms with Crippen LogP contribution in [0.2, 0.25) is 0 Å². The Bertz CT molecular complexity index is 786. The van der Waals surface area contributed by atoms with Crippen molar-refractivity contribution in [1.82, 2.24) is 30.3 Å². The van der Waals surface area contributed by atoms with Gasteiger partial charge in [-0.05, 0) is 37.9 Å². The quantitative estimate of drug-likeness (QED) is 0.752. The third-order valence-electron chi connectivity index (χ3n) is 4.38. The Kier molecular flexibility index (Phi) is 3.70. The van der Waals surface area contributed by atoms with E-state index in [-0.39, 0.29) is 0 Å². The van der Waals surface area contributed by atoms with E-state index < -0.39 is 0 Å². The largest absolute Gasteiger partial charge is 0.460 e. The Labute approximate surface area is 134 Å². The number of aromatic nitrogens is 5. The normalized spacial score (nSPS) is 17.3. The Morgan fingerprint density at radius 1 is 1.43 bits per heavy atom. The molecule has 1 aliphatic rings. The molecule has 1 aliphatic heterocycles. The molecule has 23 heavy (non-hydrogen) atoms. The van der Waals surface area contributed by atoms with Gasteiger partial charge in [0.1, 0.15) is 23.6 Å². The van der Waals surface area contributed by atoms with E-state index in [9.17, 15) is 0 Å². The van der Waals surface area contributed by atoms with Crippen molar-refractivity contribution in [3.05, 3.63) is 41.8 Å².